The first-order valence-electron chi connectivity index (χ1n) is 10.2. The zero-order chi connectivity index (χ0) is 22.6. The lowest BCUT2D eigenvalue weighted by atomic mass is 10.0. The number of carbonyl (C=O) groups is 1. The minimum Gasteiger partial charge on any atom is -0.349 e. The molecule has 1 amide bonds. The molecule has 0 aliphatic carbocycles. The molecule has 0 bridgehead atoms. The van der Waals surface area contributed by atoms with Gasteiger partial charge in [0.15, 0.2) is 0 Å². The minimum absolute atomic E-state index is 0.0130. The van der Waals surface area contributed by atoms with Crippen LogP contribution in [0.2, 0.25) is 10.0 Å². The molecule has 2 aromatic carbocycles. The Morgan fingerprint density at radius 1 is 1.10 bits per heavy atom. The van der Waals surface area contributed by atoms with E-state index < -0.39 is 10.0 Å². The lowest BCUT2D eigenvalue weighted by Crippen LogP contribution is -2.44. The first-order chi connectivity index (χ1) is 14.6. The van der Waals surface area contributed by atoms with Crippen molar-refractivity contribution < 1.29 is 13.2 Å². The second kappa shape index (κ2) is 10.3. The Labute approximate surface area is 194 Å². The number of sulfonamides is 1. The lowest BCUT2D eigenvalue weighted by Gasteiger charge is -2.32. The highest BCUT2D eigenvalue weighted by molar-refractivity contribution is 7.89. The molecule has 0 spiro atoms. The van der Waals surface area contributed by atoms with Gasteiger partial charge in [0.25, 0.3) is 5.91 Å². The Balaban J connectivity index is 1.59. The first-order valence-corrected chi connectivity index (χ1v) is 12.5. The summed E-state index contributed by atoms with van der Waals surface area (Å²) in [5.74, 6) is -0.359. The van der Waals surface area contributed by atoms with Crippen molar-refractivity contribution in [1.29, 1.82) is 0 Å². The molecule has 0 aromatic heterocycles. The molecule has 0 saturated carbocycles. The Morgan fingerprint density at radius 3 is 2.35 bits per heavy atom. The van der Waals surface area contributed by atoms with E-state index in [0.717, 1.165) is 37.5 Å². The van der Waals surface area contributed by atoms with Crippen LogP contribution in [0.15, 0.2) is 47.4 Å². The molecule has 3 rings (SSSR count). The van der Waals surface area contributed by atoms with Crippen LogP contribution in [-0.4, -0.2) is 44.4 Å². The number of rotatable bonds is 7. The summed E-state index contributed by atoms with van der Waals surface area (Å²) in [6.07, 6.45) is 1.62. The highest BCUT2D eigenvalue weighted by atomic mass is 35.5. The molecular formula is C22H27Cl2N3O3S. The Morgan fingerprint density at radius 2 is 1.74 bits per heavy atom. The van der Waals surface area contributed by atoms with Crippen LogP contribution in [0.4, 0.5) is 0 Å². The average Bonchev–Trinajstić information content (AvgIpc) is 2.70. The monoisotopic (exact) mass is 483 g/mol. The zero-order valence-electron chi connectivity index (χ0n) is 17.6. The number of carbonyl (C=O) groups excluding carboxylic acids is 1. The molecule has 6 nitrogen and oxygen atoms in total. The van der Waals surface area contributed by atoms with Crippen LogP contribution in [0.25, 0.3) is 0 Å². The highest BCUT2D eigenvalue weighted by Gasteiger charge is 2.24. The van der Waals surface area contributed by atoms with E-state index >= 15 is 0 Å². The van der Waals surface area contributed by atoms with E-state index in [-0.39, 0.29) is 33.5 Å². The standard InChI is InChI=1S/C22H27Cl2N3O3S/c1-15(2)26-31(29,30)19-7-8-21(24)20(13-19)22(28)25-18-9-11-27(12-10-18)14-16-3-5-17(23)6-4-16/h3-8,13,15,18,26H,9-12,14H2,1-2H3,(H,25,28). The molecule has 1 heterocycles. The molecule has 31 heavy (non-hydrogen) atoms. The second-order valence-electron chi connectivity index (χ2n) is 8.07. The van der Waals surface area contributed by atoms with Crippen LogP contribution < -0.4 is 10.0 Å². The van der Waals surface area contributed by atoms with Crippen molar-refractivity contribution in [3.63, 3.8) is 0 Å². The number of nitrogens with zero attached hydrogens (tertiary/aromatic N) is 1. The minimum atomic E-state index is -3.71. The molecule has 0 atom stereocenters. The smallest absolute Gasteiger partial charge is 0.253 e. The second-order valence-corrected chi connectivity index (χ2v) is 10.6. The third kappa shape index (κ3) is 6.67. The van der Waals surface area contributed by atoms with Crippen molar-refractivity contribution in [2.45, 2.75) is 50.2 Å². The summed E-state index contributed by atoms with van der Waals surface area (Å²) in [6, 6.07) is 11.8. The van der Waals surface area contributed by atoms with E-state index in [9.17, 15) is 13.2 Å². The number of piperidine rings is 1. The molecule has 168 valence electrons. The van der Waals surface area contributed by atoms with Crippen LogP contribution in [0.1, 0.15) is 42.6 Å². The molecule has 2 aromatic rings. The number of nitrogens with one attached hydrogen (secondary N) is 2. The number of likely N-dealkylation sites (tertiary alicyclic amines) is 1. The molecule has 1 fully saturated rings. The van der Waals surface area contributed by atoms with Gasteiger partial charge in [-0.15, -0.1) is 0 Å². The number of halogens is 2. The average molecular weight is 484 g/mol. The van der Waals surface area contributed by atoms with Crippen LogP contribution >= 0.6 is 23.2 Å². The van der Waals surface area contributed by atoms with Crippen molar-refractivity contribution in [2.75, 3.05) is 13.1 Å². The first kappa shape index (κ1) is 24.0. The quantitative estimate of drug-likeness (QED) is 0.621. The maximum Gasteiger partial charge on any atom is 0.253 e. The SMILES string of the molecule is CC(C)NS(=O)(=O)c1ccc(Cl)c(C(=O)NC2CCN(Cc3ccc(Cl)cc3)CC2)c1. The summed E-state index contributed by atoms with van der Waals surface area (Å²) in [4.78, 5) is 15.2. The number of amides is 1. The van der Waals surface area contributed by atoms with Gasteiger partial charge < -0.3 is 5.32 Å². The van der Waals surface area contributed by atoms with E-state index in [4.69, 9.17) is 23.2 Å². The van der Waals surface area contributed by atoms with Crippen molar-refractivity contribution in [3.05, 3.63) is 63.6 Å². The predicted octanol–water partition coefficient (Wildman–Crippen LogP) is 4.07. The van der Waals surface area contributed by atoms with Crippen LogP contribution in [-0.2, 0) is 16.6 Å². The van der Waals surface area contributed by atoms with Gasteiger partial charge in [-0.25, -0.2) is 13.1 Å². The fourth-order valence-corrected chi connectivity index (χ4v) is 5.18. The fraction of sp³-hybridized carbons (Fsp3) is 0.409. The molecule has 2 N–H and O–H groups in total. The summed E-state index contributed by atoms with van der Waals surface area (Å²) >= 11 is 12.1. The van der Waals surface area contributed by atoms with Gasteiger partial charge >= 0.3 is 0 Å². The molecular weight excluding hydrogens is 457 g/mol. The molecule has 0 radical (unpaired) electrons. The molecule has 1 saturated heterocycles. The molecule has 1 aliphatic heterocycles. The topological polar surface area (TPSA) is 78.5 Å². The third-order valence-corrected chi connectivity index (χ3v) is 7.36. The van der Waals surface area contributed by atoms with Crippen molar-refractivity contribution in [1.82, 2.24) is 14.9 Å². The van der Waals surface area contributed by atoms with Crippen LogP contribution in [0, 0.1) is 0 Å². The van der Waals surface area contributed by atoms with Gasteiger partial charge in [-0.05, 0) is 62.6 Å². The van der Waals surface area contributed by atoms with E-state index in [1.807, 2.05) is 24.3 Å². The van der Waals surface area contributed by atoms with Gasteiger partial charge in [0.2, 0.25) is 10.0 Å². The van der Waals surface area contributed by atoms with Gasteiger partial charge in [-0.2, -0.15) is 0 Å². The summed E-state index contributed by atoms with van der Waals surface area (Å²) in [5.41, 5.74) is 1.36. The van der Waals surface area contributed by atoms with Crippen molar-refractivity contribution in [2.24, 2.45) is 0 Å². The predicted molar refractivity (Wildman–Crippen MR) is 124 cm³/mol. The van der Waals surface area contributed by atoms with Gasteiger partial charge in [0.1, 0.15) is 0 Å². The number of benzene rings is 2. The summed E-state index contributed by atoms with van der Waals surface area (Å²) in [5, 5.41) is 3.95. The largest absolute Gasteiger partial charge is 0.349 e. The summed E-state index contributed by atoms with van der Waals surface area (Å²) < 4.78 is 27.4. The Bertz CT molecular complexity index is 1020. The maximum atomic E-state index is 12.8. The van der Waals surface area contributed by atoms with Crippen molar-refractivity contribution >= 4 is 39.1 Å². The lowest BCUT2D eigenvalue weighted by molar-refractivity contribution is 0.0909. The van der Waals surface area contributed by atoms with E-state index in [1.165, 1.54) is 23.8 Å². The maximum absolute atomic E-state index is 12.8. The molecule has 9 heteroatoms. The fourth-order valence-electron chi connectivity index (χ4n) is 3.57. The Kier molecular flexibility index (Phi) is 7.99. The zero-order valence-corrected chi connectivity index (χ0v) is 19.9. The van der Waals surface area contributed by atoms with E-state index in [1.54, 1.807) is 13.8 Å². The van der Waals surface area contributed by atoms with Gasteiger partial charge in [-0.1, -0.05) is 35.3 Å². The number of hydrogen-bond acceptors (Lipinski definition) is 4. The molecule has 0 unspecified atom stereocenters. The van der Waals surface area contributed by atoms with E-state index in [0.29, 0.717) is 0 Å². The molecule has 1 aliphatic rings. The van der Waals surface area contributed by atoms with E-state index in [2.05, 4.69) is 14.9 Å². The van der Waals surface area contributed by atoms with Gasteiger partial charge in [-0.3, -0.25) is 9.69 Å². The normalized spacial score (nSPS) is 15.9. The third-order valence-electron chi connectivity index (χ3n) is 5.13. The highest BCUT2D eigenvalue weighted by Crippen LogP contribution is 2.22. The summed E-state index contributed by atoms with van der Waals surface area (Å²) in [7, 11) is -3.71. The van der Waals surface area contributed by atoms with Crippen molar-refractivity contribution in [3.8, 4) is 0 Å². The summed E-state index contributed by atoms with van der Waals surface area (Å²) in [6.45, 7) is 6.02. The van der Waals surface area contributed by atoms with Crippen LogP contribution in [0.3, 0.4) is 0 Å². The van der Waals surface area contributed by atoms with Gasteiger partial charge in [0.05, 0.1) is 15.5 Å². The van der Waals surface area contributed by atoms with Crippen LogP contribution in [0.5, 0.6) is 0 Å². The number of hydrogen-bond donors (Lipinski definition) is 2. The van der Waals surface area contributed by atoms with Gasteiger partial charge in [0, 0.05) is 36.7 Å². The Hall–Kier alpha value is -1.64.